The summed E-state index contributed by atoms with van der Waals surface area (Å²) in [6.07, 6.45) is 0.958. The molecule has 0 saturated heterocycles. The number of methoxy groups -OCH3 is 3. The number of nitrogens with zero attached hydrogens (tertiary/aromatic N) is 2. The summed E-state index contributed by atoms with van der Waals surface area (Å²) in [4.78, 5) is 2.45. The van der Waals surface area contributed by atoms with Crippen LogP contribution in [0.5, 0.6) is 17.2 Å². The van der Waals surface area contributed by atoms with Crippen LogP contribution < -0.4 is 14.2 Å². The molecule has 6 nitrogen and oxygen atoms in total. The van der Waals surface area contributed by atoms with Gasteiger partial charge < -0.3 is 14.2 Å². The van der Waals surface area contributed by atoms with Crippen LogP contribution in [0.1, 0.15) is 16.8 Å². The third kappa shape index (κ3) is 3.43. The Kier molecular flexibility index (Phi) is 5.21. The lowest BCUT2D eigenvalue weighted by Crippen LogP contribution is -2.29. The van der Waals surface area contributed by atoms with Gasteiger partial charge in [0, 0.05) is 42.9 Å². The van der Waals surface area contributed by atoms with Crippen molar-refractivity contribution in [2.75, 3.05) is 27.9 Å². The lowest BCUT2D eigenvalue weighted by atomic mass is 10.00. The molecule has 1 N–H and O–H groups in total. The van der Waals surface area contributed by atoms with Crippen LogP contribution in [0.3, 0.4) is 0 Å². The van der Waals surface area contributed by atoms with Crippen LogP contribution in [-0.2, 0) is 19.5 Å². The van der Waals surface area contributed by atoms with Crippen molar-refractivity contribution >= 4 is 0 Å². The van der Waals surface area contributed by atoms with E-state index in [9.17, 15) is 0 Å². The first-order chi connectivity index (χ1) is 13.7. The van der Waals surface area contributed by atoms with E-state index in [1.165, 1.54) is 16.8 Å². The van der Waals surface area contributed by atoms with Crippen LogP contribution in [0.25, 0.3) is 11.3 Å². The molecule has 28 heavy (non-hydrogen) atoms. The highest BCUT2D eigenvalue weighted by Crippen LogP contribution is 2.42. The molecule has 6 heteroatoms. The molecular weight excluding hydrogens is 354 g/mol. The number of H-pyrrole nitrogens is 1. The molecule has 2 heterocycles. The van der Waals surface area contributed by atoms with Crippen LogP contribution in [-0.4, -0.2) is 43.0 Å². The van der Waals surface area contributed by atoms with Gasteiger partial charge in [-0.05, 0) is 17.7 Å². The summed E-state index contributed by atoms with van der Waals surface area (Å²) in [6.45, 7) is 2.80. The highest BCUT2D eigenvalue weighted by Gasteiger charge is 2.24. The second-order valence-electron chi connectivity index (χ2n) is 6.89. The first-order valence-electron chi connectivity index (χ1n) is 9.36. The number of hydrogen-bond donors (Lipinski definition) is 1. The Balaban J connectivity index is 1.66. The summed E-state index contributed by atoms with van der Waals surface area (Å²) in [7, 11) is 4.86. The highest BCUT2D eigenvalue weighted by atomic mass is 16.5. The summed E-state index contributed by atoms with van der Waals surface area (Å²) in [6, 6.07) is 14.5. The Morgan fingerprint density at radius 3 is 2.36 bits per heavy atom. The topological polar surface area (TPSA) is 59.6 Å². The third-order valence-electron chi connectivity index (χ3n) is 5.20. The minimum Gasteiger partial charge on any atom is -0.493 e. The molecule has 0 spiro atoms. The molecule has 3 aromatic rings. The number of rotatable bonds is 6. The standard InChI is InChI=1S/C22H25N3O3/c1-26-19-11-16(12-20(27-2)22(19)28-3)21-17-14-25(10-9-18(17)23-24-21)13-15-7-5-4-6-8-15/h4-8,11-12H,9-10,13-14H2,1-3H3,(H,23,24). The van der Waals surface area contributed by atoms with Gasteiger partial charge in [-0.1, -0.05) is 30.3 Å². The molecule has 0 aliphatic carbocycles. The molecule has 1 aromatic heterocycles. The summed E-state index contributed by atoms with van der Waals surface area (Å²) in [5, 5.41) is 7.84. The molecule has 0 saturated carbocycles. The molecule has 0 fully saturated rings. The molecule has 0 amide bonds. The van der Waals surface area contributed by atoms with Crippen molar-refractivity contribution in [2.24, 2.45) is 0 Å². The Bertz CT molecular complexity index is 928. The van der Waals surface area contributed by atoms with E-state index in [-0.39, 0.29) is 0 Å². The van der Waals surface area contributed by atoms with Crippen molar-refractivity contribution in [1.82, 2.24) is 15.1 Å². The first kappa shape index (κ1) is 18.4. The summed E-state index contributed by atoms with van der Waals surface area (Å²) >= 11 is 0. The average Bonchev–Trinajstić information content (AvgIpc) is 3.16. The molecule has 0 atom stereocenters. The van der Waals surface area contributed by atoms with E-state index >= 15 is 0 Å². The quantitative estimate of drug-likeness (QED) is 0.708. The van der Waals surface area contributed by atoms with Gasteiger partial charge in [0.25, 0.3) is 0 Å². The largest absolute Gasteiger partial charge is 0.493 e. The van der Waals surface area contributed by atoms with Crippen molar-refractivity contribution < 1.29 is 14.2 Å². The van der Waals surface area contributed by atoms with E-state index < -0.39 is 0 Å². The lowest BCUT2D eigenvalue weighted by molar-refractivity contribution is 0.245. The van der Waals surface area contributed by atoms with E-state index in [0.717, 1.165) is 37.3 Å². The maximum atomic E-state index is 5.51. The second kappa shape index (κ2) is 7.94. The molecule has 4 rings (SSSR count). The molecule has 146 valence electrons. The Labute approximate surface area is 165 Å². The van der Waals surface area contributed by atoms with Gasteiger partial charge in [-0.3, -0.25) is 10.00 Å². The number of aromatic amines is 1. The smallest absolute Gasteiger partial charge is 0.203 e. The number of aromatic nitrogens is 2. The van der Waals surface area contributed by atoms with Crippen LogP contribution >= 0.6 is 0 Å². The lowest BCUT2D eigenvalue weighted by Gasteiger charge is -2.27. The van der Waals surface area contributed by atoms with Crippen molar-refractivity contribution in [3.8, 4) is 28.5 Å². The Morgan fingerprint density at radius 1 is 1.00 bits per heavy atom. The van der Waals surface area contributed by atoms with Crippen LogP contribution in [0, 0.1) is 0 Å². The van der Waals surface area contributed by atoms with Crippen molar-refractivity contribution in [3.05, 3.63) is 59.3 Å². The zero-order valence-electron chi connectivity index (χ0n) is 16.5. The van der Waals surface area contributed by atoms with E-state index in [2.05, 4.69) is 45.4 Å². The van der Waals surface area contributed by atoms with Crippen LogP contribution in [0.2, 0.25) is 0 Å². The molecule has 0 unspecified atom stereocenters. The van der Waals surface area contributed by atoms with E-state index in [1.807, 2.05) is 12.1 Å². The van der Waals surface area contributed by atoms with Crippen LogP contribution in [0.15, 0.2) is 42.5 Å². The number of nitrogens with one attached hydrogen (secondary N) is 1. The number of hydrogen-bond acceptors (Lipinski definition) is 5. The SMILES string of the molecule is COc1cc(-c2n[nH]c3c2CN(Cc2ccccc2)CC3)cc(OC)c1OC. The molecule has 0 radical (unpaired) electrons. The third-order valence-corrected chi connectivity index (χ3v) is 5.20. The molecule has 1 aliphatic rings. The zero-order chi connectivity index (χ0) is 19.5. The van der Waals surface area contributed by atoms with Crippen molar-refractivity contribution in [2.45, 2.75) is 19.5 Å². The maximum Gasteiger partial charge on any atom is 0.203 e. The predicted molar refractivity (Wildman–Crippen MR) is 108 cm³/mol. The molecule has 1 aliphatic heterocycles. The Hall–Kier alpha value is -2.99. The summed E-state index contributed by atoms with van der Waals surface area (Å²) < 4.78 is 16.5. The van der Waals surface area contributed by atoms with Crippen molar-refractivity contribution in [3.63, 3.8) is 0 Å². The molecule has 0 bridgehead atoms. The maximum absolute atomic E-state index is 5.51. The zero-order valence-corrected chi connectivity index (χ0v) is 16.5. The highest BCUT2D eigenvalue weighted by molar-refractivity contribution is 5.71. The normalized spacial score (nSPS) is 13.8. The number of benzene rings is 2. The van der Waals surface area contributed by atoms with Gasteiger partial charge in [0.05, 0.1) is 27.0 Å². The minimum atomic E-state index is 0.587. The van der Waals surface area contributed by atoms with Gasteiger partial charge in [-0.15, -0.1) is 0 Å². The molecule has 2 aromatic carbocycles. The van der Waals surface area contributed by atoms with Gasteiger partial charge in [0.1, 0.15) is 0 Å². The number of fused-ring (bicyclic) bond motifs is 1. The fourth-order valence-electron chi connectivity index (χ4n) is 3.78. The Morgan fingerprint density at radius 2 is 1.71 bits per heavy atom. The average molecular weight is 379 g/mol. The van der Waals surface area contributed by atoms with E-state index in [0.29, 0.717) is 17.2 Å². The van der Waals surface area contributed by atoms with Gasteiger partial charge in [0.15, 0.2) is 11.5 Å². The fraction of sp³-hybridized carbons (Fsp3) is 0.318. The van der Waals surface area contributed by atoms with E-state index in [1.54, 1.807) is 21.3 Å². The number of ether oxygens (including phenoxy) is 3. The predicted octanol–water partition coefficient (Wildman–Crippen LogP) is 3.66. The van der Waals surface area contributed by atoms with Crippen molar-refractivity contribution in [1.29, 1.82) is 0 Å². The van der Waals surface area contributed by atoms with Gasteiger partial charge in [-0.25, -0.2) is 0 Å². The van der Waals surface area contributed by atoms with Gasteiger partial charge in [-0.2, -0.15) is 5.10 Å². The van der Waals surface area contributed by atoms with Gasteiger partial charge in [0.2, 0.25) is 5.75 Å². The second-order valence-corrected chi connectivity index (χ2v) is 6.89. The van der Waals surface area contributed by atoms with Crippen LogP contribution in [0.4, 0.5) is 0 Å². The fourth-order valence-corrected chi connectivity index (χ4v) is 3.78. The first-order valence-corrected chi connectivity index (χ1v) is 9.36. The molecular formula is C22H25N3O3. The monoisotopic (exact) mass is 379 g/mol. The van der Waals surface area contributed by atoms with E-state index in [4.69, 9.17) is 14.2 Å². The summed E-state index contributed by atoms with van der Waals surface area (Å²) in [5.74, 6) is 1.85. The van der Waals surface area contributed by atoms with Gasteiger partial charge >= 0.3 is 0 Å². The minimum absolute atomic E-state index is 0.587. The summed E-state index contributed by atoms with van der Waals surface area (Å²) in [5.41, 5.74) is 5.65.